The molecule has 0 unspecified atom stereocenters. The fraction of sp³-hybridized carbons (Fsp3) is 0.235. The molecule has 142 valence electrons. The molecule has 11 heteroatoms. The first-order valence-corrected chi connectivity index (χ1v) is 8.91. The number of hydrogen-bond acceptors (Lipinski definition) is 10. The first kappa shape index (κ1) is 19.1. The summed E-state index contributed by atoms with van der Waals surface area (Å²) in [6, 6.07) is 7.14. The van der Waals surface area contributed by atoms with E-state index in [1.165, 1.54) is 0 Å². The molecule has 0 fully saturated rings. The van der Waals surface area contributed by atoms with Gasteiger partial charge in [0.05, 0.1) is 17.6 Å². The van der Waals surface area contributed by atoms with Crippen LogP contribution in [0.1, 0.15) is 11.3 Å². The Balaban J connectivity index is 2.02. The molecule has 0 atom stereocenters. The van der Waals surface area contributed by atoms with E-state index < -0.39 is 0 Å². The number of phenolic OH excluding ortho intramolecular Hbond substituents is 1. The molecule has 0 aliphatic carbocycles. The van der Waals surface area contributed by atoms with Crippen molar-refractivity contribution in [1.29, 1.82) is 5.26 Å². The van der Waals surface area contributed by atoms with Crippen LogP contribution >= 0.6 is 11.5 Å². The summed E-state index contributed by atoms with van der Waals surface area (Å²) >= 11 is 1.07. The summed E-state index contributed by atoms with van der Waals surface area (Å²) in [5, 5.41) is 40.8. The van der Waals surface area contributed by atoms with Crippen molar-refractivity contribution in [2.24, 2.45) is 27.5 Å². The fourth-order valence-electron chi connectivity index (χ4n) is 2.32. The van der Waals surface area contributed by atoms with Crippen LogP contribution in [0.3, 0.4) is 0 Å². The number of nitriles is 1. The number of aryl methyl sites for hydroxylation is 2. The van der Waals surface area contributed by atoms with Gasteiger partial charge in [0.25, 0.3) is 0 Å². The van der Waals surface area contributed by atoms with Gasteiger partial charge in [-0.2, -0.15) is 14.7 Å². The minimum atomic E-state index is -0.166. The molecule has 0 spiro atoms. The molecule has 0 radical (unpaired) electrons. The van der Waals surface area contributed by atoms with Gasteiger partial charge in [-0.1, -0.05) is 0 Å². The Labute approximate surface area is 165 Å². The van der Waals surface area contributed by atoms with Gasteiger partial charge in [-0.3, -0.25) is 0 Å². The number of phenols is 1. The van der Waals surface area contributed by atoms with E-state index in [0.29, 0.717) is 27.8 Å². The molecule has 0 saturated heterocycles. The number of aromatic hydroxyl groups is 1. The lowest BCUT2D eigenvalue weighted by Gasteiger charge is -2.16. The van der Waals surface area contributed by atoms with E-state index in [0.717, 1.165) is 11.5 Å². The summed E-state index contributed by atoms with van der Waals surface area (Å²) in [6.07, 6.45) is 1.61. The van der Waals surface area contributed by atoms with Crippen LogP contribution in [0.15, 0.2) is 44.9 Å². The third-order valence-corrected chi connectivity index (χ3v) is 4.67. The SMILES string of the molecule is Cc1nsc(N=Nc2ccc(N(C)C)c(N=Nc3ccnn3C)c2O)c1C#N. The van der Waals surface area contributed by atoms with Crippen molar-refractivity contribution in [3.05, 3.63) is 35.7 Å². The number of nitrogens with zero attached hydrogens (tertiary/aromatic N) is 9. The molecule has 3 rings (SSSR count). The molecule has 0 aliphatic rings. The second-order valence-corrected chi connectivity index (χ2v) is 6.72. The number of azo groups is 2. The fourth-order valence-corrected chi connectivity index (χ4v) is 3.00. The minimum Gasteiger partial charge on any atom is -0.504 e. The predicted molar refractivity (Wildman–Crippen MR) is 106 cm³/mol. The lowest BCUT2D eigenvalue weighted by Crippen LogP contribution is -2.08. The maximum absolute atomic E-state index is 10.7. The number of anilines is 1. The van der Waals surface area contributed by atoms with E-state index in [9.17, 15) is 10.4 Å². The lowest BCUT2D eigenvalue weighted by molar-refractivity contribution is 0.477. The Bertz CT molecular complexity index is 1100. The number of hydrogen-bond donors (Lipinski definition) is 1. The average Bonchev–Trinajstić information content (AvgIpc) is 3.24. The predicted octanol–water partition coefficient (Wildman–Crippen LogP) is 4.66. The summed E-state index contributed by atoms with van der Waals surface area (Å²) in [7, 11) is 5.41. The third-order valence-electron chi connectivity index (χ3n) is 3.84. The molecule has 0 aliphatic heterocycles. The number of benzene rings is 1. The van der Waals surface area contributed by atoms with E-state index in [1.54, 1.807) is 47.9 Å². The maximum Gasteiger partial charge on any atom is 0.176 e. The minimum absolute atomic E-state index is 0.166. The van der Waals surface area contributed by atoms with Crippen molar-refractivity contribution in [2.45, 2.75) is 6.92 Å². The Morgan fingerprint density at radius 2 is 1.96 bits per heavy atom. The van der Waals surface area contributed by atoms with Crippen LogP contribution in [-0.4, -0.2) is 33.4 Å². The summed E-state index contributed by atoms with van der Waals surface area (Å²) in [5.74, 6) is 0.371. The van der Waals surface area contributed by atoms with Gasteiger partial charge < -0.3 is 10.0 Å². The van der Waals surface area contributed by atoms with Gasteiger partial charge in [-0.15, -0.1) is 20.5 Å². The highest BCUT2D eigenvalue weighted by molar-refractivity contribution is 7.10. The summed E-state index contributed by atoms with van der Waals surface area (Å²) < 4.78 is 5.66. The first-order valence-electron chi connectivity index (χ1n) is 8.13. The first-order chi connectivity index (χ1) is 13.4. The van der Waals surface area contributed by atoms with Crippen LogP contribution in [0.25, 0.3) is 0 Å². The Kier molecular flexibility index (Phi) is 5.42. The number of rotatable bonds is 5. The monoisotopic (exact) mass is 395 g/mol. The van der Waals surface area contributed by atoms with Crippen molar-refractivity contribution < 1.29 is 5.11 Å². The van der Waals surface area contributed by atoms with Crippen molar-refractivity contribution in [1.82, 2.24) is 14.2 Å². The highest BCUT2D eigenvalue weighted by atomic mass is 32.1. The molecule has 3 aromatic rings. The molecular formula is C17H17N9OS. The van der Waals surface area contributed by atoms with Gasteiger partial charge in [0.15, 0.2) is 22.3 Å². The molecule has 10 nitrogen and oxygen atoms in total. The molecule has 2 aromatic heterocycles. The van der Waals surface area contributed by atoms with E-state index >= 15 is 0 Å². The number of aromatic nitrogens is 3. The zero-order valence-corrected chi connectivity index (χ0v) is 16.5. The zero-order chi connectivity index (χ0) is 20.3. The normalized spacial score (nSPS) is 11.4. The van der Waals surface area contributed by atoms with Crippen LogP contribution < -0.4 is 4.90 Å². The summed E-state index contributed by atoms with van der Waals surface area (Å²) in [5.41, 5.74) is 2.09. The summed E-state index contributed by atoms with van der Waals surface area (Å²) in [4.78, 5) is 1.80. The Hall–Kier alpha value is -3.65. The van der Waals surface area contributed by atoms with Gasteiger partial charge in [0, 0.05) is 27.2 Å². The van der Waals surface area contributed by atoms with E-state index in [1.807, 2.05) is 14.1 Å². The van der Waals surface area contributed by atoms with E-state index in [-0.39, 0.29) is 17.1 Å². The van der Waals surface area contributed by atoms with Gasteiger partial charge in [0.2, 0.25) is 0 Å². The summed E-state index contributed by atoms with van der Waals surface area (Å²) in [6.45, 7) is 1.73. The third kappa shape index (κ3) is 3.72. The van der Waals surface area contributed by atoms with Gasteiger partial charge in [0.1, 0.15) is 17.3 Å². The highest BCUT2D eigenvalue weighted by Crippen LogP contribution is 2.44. The average molecular weight is 395 g/mol. The van der Waals surface area contributed by atoms with E-state index in [2.05, 4.69) is 36.0 Å². The smallest absolute Gasteiger partial charge is 0.176 e. The molecule has 0 saturated carbocycles. The molecule has 28 heavy (non-hydrogen) atoms. The molecular weight excluding hydrogens is 378 g/mol. The molecule has 2 heterocycles. The van der Waals surface area contributed by atoms with Crippen molar-refractivity contribution in [3.8, 4) is 11.8 Å². The van der Waals surface area contributed by atoms with Gasteiger partial charge in [-0.25, -0.2) is 4.68 Å². The van der Waals surface area contributed by atoms with Crippen LogP contribution in [-0.2, 0) is 7.05 Å². The standard InChI is InChI=1S/C17H17N9OS/c1-10-11(9-18)17(28-24-10)23-20-12-5-6-13(25(2)3)15(16(12)27)22-21-14-7-8-19-26(14)4/h5-8,27H,1-4H3. The molecule has 0 amide bonds. The zero-order valence-electron chi connectivity index (χ0n) is 15.7. The lowest BCUT2D eigenvalue weighted by atomic mass is 10.2. The Morgan fingerprint density at radius 3 is 2.61 bits per heavy atom. The van der Waals surface area contributed by atoms with Crippen LogP contribution in [0.2, 0.25) is 0 Å². The second kappa shape index (κ2) is 7.93. The molecule has 1 N–H and O–H groups in total. The topological polar surface area (TPSA) is 127 Å². The van der Waals surface area contributed by atoms with Crippen molar-refractivity contribution in [3.63, 3.8) is 0 Å². The Morgan fingerprint density at radius 1 is 1.18 bits per heavy atom. The maximum atomic E-state index is 10.7. The van der Waals surface area contributed by atoms with Crippen LogP contribution in [0.4, 0.5) is 27.9 Å². The molecule has 0 bridgehead atoms. The van der Waals surface area contributed by atoms with E-state index in [4.69, 9.17) is 0 Å². The van der Waals surface area contributed by atoms with Crippen molar-refractivity contribution >= 4 is 39.4 Å². The largest absolute Gasteiger partial charge is 0.504 e. The second-order valence-electron chi connectivity index (χ2n) is 5.97. The highest BCUT2D eigenvalue weighted by Gasteiger charge is 2.15. The molecule has 1 aromatic carbocycles. The van der Waals surface area contributed by atoms with Crippen LogP contribution in [0, 0.1) is 18.3 Å². The van der Waals surface area contributed by atoms with Crippen LogP contribution in [0.5, 0.6) is 5.75 Å². The van der Waals surface area contributed by atoms with Gasteiger partial charge in [-0.05, 0) is 30.6 Å². The van der Waals surface area contributed by atoms with Crippen molar-refractivity contribution in [2.75, 3.05) is 19.0 Å². The quantitative estimate of drug-likeness (QED) is 0.628. The van der Waals surface area contributed by atoms with Gasteiger partial charge >= 0.3 is 0 Å².